The van der Waals surface area contributed by atoms with Crippen molar-refractivity contribution in [2.75, 3.05) is 6.54 Å². The highest BCUT2D eigenvalue weighted by molar-refractivity contribution is 7.11. The maximum atomic E-state index is 5.87. The second-order valence-corrected chi connectivity index (χ2v) is 5.82. The molecule has 1 atom stereocenters. The van der Waals surface area contributed by atoms with E-state index >= 15 is 0 Å². The van der Waals surface area contributed by atoms with Crippen LogP contribution in [0.15, 0.2) is 12.1 Å². The molecule has 1 aromatic heterocycles. The van der Waals surface area contributed by atoms with Gasteiger partial charge in [0.15, 0.2) is 0 Å². The fourth-order valence-electron chi connectivity index (χ4n) is 1.43. The summed E-state index contributed by atoms with van der Waals surface area (Å²) in [6, 6.07) is 4.45. The van der Waals surface area contributed by atoms with Crippen molar-refractivity contribution in [3.8, 4) is 0 Å². The summed E-state index contributed by atoms with van der Waals surface area (Å²) >= 11 is 7.78. The van der Waals surface area contributed by atoms with Crippen LogP contribution in [0.1, 0.15) is 36.4 Å². The molecule has 86 valence electrons. The van der Waals surface area contributed by atoms with E-state index in [2.05, 4.69) is 24.4 Å². The lowest BCUT2D eigenvalue weighted by Crippen LogP contribution is -2.14. The van der Waals surface area contributed by atoms with Crippen LogP contribution in [0.25, 0.3) is 0 Å². The van der Waals surface area contributed by atoms with Crippen molar-refractivity contribution in [1.29, 1.82) is 0 Å². The Morgan fingerprint density at radius 1 is 1.40 bits per heavy atom. The average Bonchev–Trinajstić information content (AvgIpc) is 2.65. The van der Waals surface area contributed by atoms with Crippen molar-refractivity contribution < 1.29 is 0 Å². The van der Waals surface area contributed by atoms with E-state index in [4.69, 9.17) is 11.6 Å². The minimum Gasteiger partial charge on any atom is -0.312 e. The van der Waals surface area contributed by atoms with Gasteiger partial charge in [-0.15, -0.1) is 22.9 Å². The summed E-state index contributed by atoms with van der Waals surface area (Å²) in [7, 11) is 0. The molecule has 0 fully saturated rings. The third-order valence-electron chi connectivity index (χ3n) is 2.32. The van der Waals surface area contributed by atoms with Crippen molar-refractivity contribution in [1.82, 2.24) is 5.32 Å². The first-order valence-corrected chi connectivity index (χ1v) is 6.90. The summed E-state index contributed by atoms with van der Waals surface area (Å²) in [6.07, 6.45) is 3.41. The van der Waals surface area contributed by atoms with E-state index in [0.717, 1.165) is 32.4 Å². The highest BCUT2D eigenvalue weighted by atomic mass is 35.5. The van der Waals surface area contributed by atoms with Crippen molar-refractivity contribution in [2.45, 2.75) is 45.0 Å². The molecule has 0 aromatic carbocycles. The monoisotopic (exact) mass is 245 g/mol. The third-order valence-corrected chi connectivity index (χ3v) is 3.77. The van der Waals surface area contributed by atoms with Gasteiger partial charge in [-0.25, -0.2) is 0 Å². The molecule has 0 aliphatic heterocycles. The van der Waals surface area contributed by atoms with E-state index in [1.54, 1.807) is 0 Å². The summed E-state index contributed by atoms with van der Waals surface area (Å²) in [5.41, 5.74) is 0. The lowest BCUT2D eigenvalue weighted by atomic mass is 10.2. The minimum absolute atomic E-state index is 0.306. The molecular weight excluding hydrogens is 226 g/mol. The first kappa shape index (κ1) is 13.0. The second-order valence-electron chi connectivity index (χ2n) is 3.82. The third kappa shape index (κ3) is 5.55. The van der Waals surface area contributed by atoms with Gasteiger partial charge in [0, 0.05) is 21.7 Å². The number of rotatable bonds is 7. The van der Waals surface area contributed by atoms with Gasteiger partial charge in [0.25, 0.3) is 0 Å². The molecule has 0 bridgehead atoms. The summed E-state index contributed by atoms with van der Waals surface area (Å²) < 4.78 is 0. The lowest BCUT2D eigenvalue weighted by molar-refractivity contribution is 0.623. The Morgan fingerprint density at radius 3 is 2.73 bits per heavy atom. The second kappa shape index (κ2) is 7.26. The summed E-state index contributed by atoms with van der Waals surface area (Å²) in [6.45, 7) is 6.32. The Morgan fingerprint density at radius 2 is 2.13 bits per heavy atom. The molecular formula is C12H20ClNS. The highest BCUT2D eigenvalue weighted by Crippen LogP contribution is 2.16. The maximum absolute atomic E-state index is 5.87. The van der Waals surface area contributed by atoms with E-state index in [0.29, 0.717) is 5.38 Å². The molecule has 15 heavy (non-hydrogen) atoms. The Bertz CT molecular complexity index is 270. The van der Waals surface area contributed by atoms with E-state index < -0.39 is 0 Å². The zero-order chi connectivity index (χ0) is 11.1. The number of aryl methyl sites for hydroxylation is 1. The van der Waals surface area contributed by atoms with Crippen LogP contribution < -0.4 is 5.32 Å². The van der Waals surface area contributed by atoms with Crippen LogP contribution in [0, 0.1) is 0 Å². The number of thiophene rings is 1. The normalized spacial score (nSPS) is 13.0. The standard InChI is InChI=1S/C12H20ClNS/c1-3-11-6-7-12(15-11)9-14-8-4-5-10(2)13/h6-7,10,14H,3-5,8-9H2,1-2H3. The Kier molecular flexibility index (Phi) is 6.30. The van der Waals surface area contributed by atoms with Crippen LogP contribution in [-0.2, 0) is 13.0 Å². The Hall–Kier alpha value is -0.0500. The number of nitrogens with one attached hydrogen (secondary N) is 1. The predicted octanol–water partition coefficient (Wildman–Crippen LogP) is 3.81. The van der Waals surface area contributed by atoms with Gasteiger partial charge in [-0.1, -0.05) is 6.92 Å². The van der Waals surface area contributed by atoms with Crippen molar-refractivity contribution >= 4 is 22.9 Å². The Balaban J connectivity index is 2.09. The summed E-state index contributed by atoms with van der Waals surface area (Å²) in [5, 5.41) is 3.75. The molecule has 3 heteroatoms. The molecule has 0 aliphatic rings. The van der Waals surface area contributed by atoms with Crippen LogP contribution >= 0.6 is 22.9 Å². The molecule has 0 radical (unpaired) electrons. The van der Waals surface area contributed by atoms with Crippen LogP contribution in [0.2, 0.25) is 0 Å². The molecule has 0 amide bonds. The molecule has 1 nitrogen and oxygen atoms in total. The van der Waals surface area contributed by atoms with Gasteiger partial charge in [0.05, 0.1) is 0 Å². The highest BCUT2D eigenvalue weighted by Gasteiger charge is 1.98. The summed E-state index contributed by atoms with van der Waals surface area (Å²) in [5.74, 6) is 0. The zero-order valence-electron chi connectivity index (χ0n) is 9.55. The molecule has 1 aromatic rings. The smallest absolute Gasteiger partial charge is 0.0308 e. The van der Waals surface area contributed by atoms with E-state index in [1.165, 1.54) is 9.75 Å². The van der Waals surface area contributed by atoms with Crippen LogP contribution in [0.3, 0.4) is 0 Å². The maximum Gasteiger partial charge on any atom is 0.0308 e. The lowest BCUT2D eigenvalue weighted by Gasteiger charge is -2.04. The molecule has 0 saturated carbocycles. The summed E-state index contributed by atoms with van der Waals surface area (Å²) in [4.78, 5) is 2.91. The predicted molar refractivity (Wildman–Crippen MR) is 70.0 cm³/mol. The number of hydrogen-bond acceptors (Lipinski definition) is 2. The van der Waals surface area contributed by atoms with Gasteiger partial charge >= 0.3 is 0 Å². The minimum atomic E-state index is 0.306. The quantitative estimate of drug-likeness (QED) is 0.569. The molecule has 0 aliphatic carbocycles. The first-order valence-electron chi connectivity index (χ1n) is 5.64. The van der Waals surface area contributed by atoms with Crippen molar-refractivity contribution in [2.24, 2.45) is 0 Å². The van der Waals surface area contributed by atoms with Gasteiger partial charge in [0.2, 0.25) is 0 Å². The number of alkyl halides is 1. The molecule has 1 unspecified atom stereocenters. The fourth-order valence-corrected chi connectivity index (χ4v) is 2.51. The first-order chi connectivity index (χ1) is 7.22. The fraction of sp³-hybridized carbons (Fsp3) is 0.667. The Labute approximate surface area is 102 Å². The van der Waals surface area contributed by atoms with Crippen LogP contribution in [0.4, 0.5) is 0 Å². The SMILES string of the molecule is CCc1ccc(CNCCCC(C)Cl)s1. The largest absolute Gasteiger partial charge is 0.312 e. The van der Waals surface area contributed by atoms with Gasteiger partial charge in [-0.3, -0.25) is 0 Å². The van der Waals surface area contributed by atoms with Crippen molar-refractivity contribution in [3.63, 3.8) is 0 Å². The van der Waals surface area contributed by atoms with Gasteiger partial charge in [-0.05, 0) is 44.9 Å². The number of hydrogen-bond donors (Lipinski definition) is 1. The van der Waals surface area contributed by atoms with E-state index in [1.807, 2.05) is 18.3 Å². The van der Waals surface area contributed by atoms with Gasteiger partial charge in [0.1, 0.15) is 0 Å². The van der Waals surface area contributed by atoms with Gasteiger partial charge < -0.3 is 5.32 Å². The topological polar surface area (TPSA) is 12.0 Å². The molecule has 0 saturated heterocycles. The van der Waals surface area contributed by atoms with Gasteiger partial charge in [-0.2, -0.15) is 0 Å². The zero-order valence-corrected chi connectivity index (χ0v) is 11.1. The van der Waals surface area contributed by atoms with Crippen LogP contribution in [0.5, 0.6) is 0 Å². The van der Waals surface area contributed by atoms with E-state index in [9.17, 15) is 0 Å². The number of halogens is 1. The molecule has 1 rings (SSSR count). The average molecular weight is 246 g/mol. The molecule has 0 spiro atoms. The molecule has 1 N–H and O–H groups in total. The van der Waals surface area contributed by atoms with E-state index in [-0.39, 0.29) is 0 Å². The molecule has 1 heterocycles. The van der Waals surface area contributed by atoms with Crippen molar-refractivity contribution in [3.05, 3.63) is 21.9 Å². The van der Waals surface area contributed by atoms with Crippen LogP contribution in [-0.4, -0.2) is 11.9 Å².